The second kappa shape index (κ2) is 8.18. The van der Waals surface area contributed by atoms with Crippen LogP contribution in [0.25, 0.3) is 5.65 Å². The molecule has 2 unspecified atom stereocenters. The van der Waals surface area contributed by atoms with Crippen LogP contribution in [-0.2, 0) is 10.5 Å². The van der Waals surface area contributed by atoms with Gasteiger partial charge in [0.05, 0.1) is 16.4 Å². The number of nitrogens with zero attached hydrogens (tertiary/aromatic N) is 5. The van der Waals surface area contributed by atoms with Gasteiger partial charge in [0.15, 0.2) is 5.17 Å². The zero-order valence-corrected chi connectivity index (χ0v) is 19.1. The van der Waals surface area contributed by atoms with E-state index in [0.29, 0.717) is 33.1 Å². The number of aliphatic imine (C=N–C) groups is 2. The van der Waals surface area contributed by atoms with Crippen LogP contribution in [0.2, 0.25) is 5.02 Å². The highest BCUT2D eigenvalue weighted by Gasteiger charge is 2.42. The number of carbonyl (C=O) groups excluding carboxylic acids is 1. The molecule has 9 heteroatoms. The number of aromatic nitrogens is 2. The third kappa shape index (κ3) is 3.53. The predicted octanol–water partition coefficient (Wildman–Crippen LogP) is 4.29. The van der Waals surface area contributed by atoms with Crippen molar-refractivity contribution < 1.29 is 4.79 Å². The van der Waals surface area contributed by atoms with Crippen molar-refractivity contribution >= 4 is 51.6 Å². The lowest BCUT2D eigenvalue weighted by Crippen LogP contribution is -2.42. The number of benzene rings is 1. The Morgan fingerprint density at radius 2 is 2.00 bits per heavy atom. The molecule has 0 N–H and O–H groups in total. The summed E-state index contributed by atoms with van der Waals surface area (Å²) in [6, 6.07) is 12.2. The summed E-state index contributed by atoms with van der Waals surface area (Å²) in [5.74, 6) is 1.11. The number of para-hydroxylation sites is 1. The predicted molar refractivity (Wildman–Crippen MR) is 128 cm³/mol. The first-order valence-electron chi connectivity index (χ1n) is 10.4. The van der Waals surface area contributed by atoms with Crippen molar-refractivity contribution in [3.63, 3.8) is 0 Å². The van der Waals surface area contributed by atoms with E-state index in [1.165, 1.54) is 22.2 Å². The topological polar surface area (TPSA) is 79.4 Å². The number of amides is 1. The fourth-order valence-corrected chi connectivity index (χ4v) is 4.85. The molecule has 0 bridgehead atoms. The Balaban J connectivity index is 1.49. The van der Waals surface area contributed by atoms with Crippen LogP contribution in [-0.4, -0.2) is 37.2 Å². The molecule has 0 aliphatic carbocycles. The van der Waals surface area contributed by atoms with Gasteiger partial charge < -0.3 is 0 Å². The SMILES string of the molecule is CCC(C)C1N=C2c3ccccc3N=C(SCc3cc(=O)n4cc(Cl)ccc4n3)N2C1=O. The van der Waals surface area contributed by atoms with Crippen LogP contribution in [0.15, 0.2) is 63.4 Å². The summed E-state index contributed by atoms with van der Waals surface area (Å²) in [5.41, 5.74) is 2.55. The number of amidine groups is 2. The Kier molecular flexibility index (Phi) is 5.35. The number of thioether (sulfide) groups is 1. The van der Waals surface area contributed by atoms with Crippen molar-refractivity contribution in [2.45, 2.75) is 32.1 Å². The van der Waals surface area contributed by atoms with Crippen LogP contribution in [0.1, 0.15) is 31.5 Å². The first-order valence-corrected chi connectivity index (χ1v) is 11.7. The molecule has 2 aromatic heterocycles. The van der Waals surface area contributed by atoms with Gasteiger partial charge >= 0.3 is 0 Å². The van der Waals surface area contributed by atoms with Crippen molar-refractivity contribution in [1.29, 1.82) is 0 Å². The molecular formula is C23H20ClN5O2S. The van der Waals surface area contributed by atoms with Gasteiger partial charge in [0, 0.05) is 23.6 Å². The summed E-state index contributed by atoms with van der Waals surface area (Å²) in [7, 11) is 0. The van der Waals surface area contributed by atoms with Crippen molar-refractivity contribution in [3.8, 4) is 0 Å². The molecule has 4 heterocycles. The Labute approximate surface area is 193 Å². The maximum Gasteiger partial charge on any atom is 0.259 e. The van der Waals surface area contributed by atoms with Crippen LogP contribution < -0.4 is 5.56 Å². The van der Waals surface area contributed by atoms with Gasteiger partial charge in [-0.1, -0.05) is 55.8 Å². The van der Waals surface area contributed by atoms with Crippen molar-refractivity contribution in [3.05, 3.63) is 75.3 Å². The lowest BCUT2D eigenvalue weighted by molar-refractivity contribution is -0.125. The highest BCUT2D eigenvalue weighted by atomic mass is 35.5. The lowest BCUT2D eigenvalue weighted by atomic mass is 10.00. The van der Waals surface area contributed by atoms with E-state index in [9.17, 15) is 9.59 Å². The molecule has 2 aliphatic rings. The highest BCUT2D eigenvalue weighted by Crippen LogP contribution is 2.35. The molecule has 1 aromatic carbocycles. The standard InChI is InChI=1S/C23H20ClN5O2S/c1-3-13(2)20-22(31)29-21(27-20)16-6-4-5-7-17(16)26-23(29)32-12-15-10-19(30)28-11-14(24)8-9-18(28)25-15/h4-11,13,20H,3,12H2,1-2H3. The second-order valence-corrected chi connectivity index (χ2v) is 9.20. The molecule has 3 aromatic rings. The molecule has 2 aliphatic heterocycles. The summed E-state index contributed by atoms with van der Waals surface area (Å²) >= 11 is 7.36. The molecular weight excluding hydrogens is 446 g/mol. The number of halogens is 1. The first-order chi connectivity index (χ1) is 15.5. The highest BCUT2D eigenvalue weighted by molar-refractivity contribution is 8.13. The van der Waals surface area contributed by atoms with Crippen molar-refractivity contribution in [2.75, 3.05) is 0 Å². The summed E-state index contributed by atoms with van der Waals surface area (Å²) in [5, 5.41) is 1.02. The van der Waals surface area contributed by atoms with Gasteiger partial charge in [0.1, 0.15) is 17.5 Å². The van der Waals surface area contributed by atoms with Gasteiger partial charge in [-0.05, 0) is 30.2 Å². The average molecular weight is 466 g/mol. The molecule has 2 atom stereocenters. The van der Waals surface area contributed by atoms with E-state index in [4.69, 9.17) is 21.6 Å². The minimum atomic E-state index is -0.417. The van der Waals surface area contributed by atoms with E-state index in [-0.39, 0.29) is 17.4 Å². The lowest BCUT2D eigenvalue weighted by Gasteiger charge is -2.25. The van der Waals surface area contributed by atoms with Crippen LogP contribution in [0.5, 0.6) is 0 Å². The fourth-order valence-electron chi connectivity index (χ4n) is 3.80. The monoisotopic (exact) mass is 465 g/mol. The minimum Gasteiger partial charge on any atom is -0.271 e. The van der Waals surface area contributed by atoms with Crippen LogP contribution in [0.4, 0.5) is 5.69 Å². The summed E-state index contributed by atoms with van der Waals surface area (Å²) in [6.45, 7) is 4.10. The number of rotatable bonds is 4. The van der Waals surface area contributed by atoms with E-state index in [2.05, 4.69) is 11.9 Å². The van der Waals surface area contributed by atoms with E-state index in [1.807, 2.05) is 31.2 Å². The first kappa shape index (κ1) is 20.9. The summed E-state index contributed by atoms with van der Waals surface area (Å²) < 4.78 is 1.41. The maximum atomic E-state index is 13.3. The Hall–Kier alpha value is -2.97. The molecule has 7 nitrogen and oxygen atoms in total. The van der Waals surface area contributed by atoms with Crippen molar-refractivity contribution in [2.24, 2.45) is 15.9 Å². The Bertz CT molecular complexity index is 1370. The number of fused-ring (bicyclic) bond motifs is 4. The van der Waals surface area contributed by atoms with E-state index >= 15 is 0 Å². The van der Waals surface area contributed by atoms with Gasteiger partial charge in [0.25, 0.3) is 11.5 Å². The molecule has 162 valence electrons. The average Bonchev–Trinajstić information content (AvgIpc) is 3.15. The summed E-state index contributed by atoms with van der Waals surface area (Å²) in [6.07, 6.45) is 2.41. The van der Waals surface area contributed by atoms with Gasteiger partial charge in [-0.15, -0.1) is 0 Å². The smallest absolute Gasteiger partial charge is 0.259 e. The molecule has 0 saturated heterocycles. The molecule has 32 heavy (non-hydrogen) atoms. The third-order valence-corrected chi connectivity index (χ3v) is 6.90. The quantitative estimate of drug-likeness (QED) is 0.575. The third-order valence-electron chi connectivity index (χ3n) is 5.71. The second-order valence-electron chi connectivity index (χ2n) is 7.82. The Morgan fingerprint density at radius 3 is 2.81 bits per heavy atom. The van der Waals surface area contributed by atoms with Crippen LogP contribution in [0.3, 0.4) is 0 Å². The number of pyridine rings is 1. The molecule has 0 spiro atoms. The Morgan fingerprint density at radius 1 is 1.19 bits per heavy atom. The van der Waals surface area contributed by atoms with Gasteiger partial charge in [-0.2, -0.15) is 0 Å². The van der Waals surface area contributed by atoms with Crippen LogP contribution >= 0.6 is 23.4 Å². The largest absolute Gasteiger partial charge is 0.271 e. The zero-order chi connectivity index (χ0) is 22.4. The van der Waals surface area contributed by atoms with Gasteiger partial charge in [-0.3, -0.25) is 19.0 Å². The van der Waals surface area contributed by atoms with Crippen LogP contribution in [0, 0.1) is 5.92 Å². The van der Waals surface area contributed by atoms with E-state index in [1.54, 1.807) is 23.2 Å². The maximum absolute atomic E-state index is 13.3. The number of hydrogen-bond acceptors (Lipinski definition) is 6. The van der Waals surface area contributed by atoms with E-state index in [0.717, 1.165) is 17.7 Å². The van der Waals surface area contributed by atoms with Crippen molar-refractivity contribution in [1.82, 2.24) is 14.3 Å². The zero-order valence-electron chi connectivity index (χ0n) is 17.5. The molecule has 0 radical (unpaired) electrons. The minimum absolute atomic E-state index is 0.0590. The molecule has 5 rings (SSSR count). The van der Waals surface area contributed by atoms with Gasteiger partial charge in [0.2, 0.25) is 0 Å². The number of carbonyl (C=O) groups is 1. The van der Waals surface area contributed by atoms with E-state index < -0.39 is 6.04 Å². The fraction of sp³-hybridized carbons (Fsp3) is 0.261. The summed E-state index contributed by atoms with van der Waals surface area (Å²) in [4.78, 5) is 41.5. The normalized spacial score (nSPS) is 18.3. The molecule has 0 fully saturated rings. The molecule has 0 saturated carbocycles. The molecule has 1 amide bonds. The number of hydrogen-bond donors (Lipinski definition) is 0. The van der Waals surface area contributed by atoms with Gasteiger partial charge in [-0.25, -0.2) is 14.9 Å².